The van der Waals surface area contributed by atoms with E-state index in [2.05, 4.69) is 10.2 Å². The number of nitrogens with zero attached hydrogens (tertiary/aromatic N) is 1. The molecule has 2 aromatic carbocycles. The molecule has 7 heteroatoms. The molecule has 0 aliphatic heterocycles. The van der Waals surface area contributed by atoms with Gasteiger partial charge in [0.25, 0.3) is 0 Å². The average molecular weight is 324 g/mol. The van der Waals surface area contributed by atoms with Crippen LogP contribution in [0.1, 0.15) is 0 Å². The van der Waals surface area contributed by atoms with Gasteiger partial charge in [-0.2, -0.15) is 0 Å². The highest BCUT2D eigenvalue weighted by Crippen LogP contribution is 2.39. The number of halogens is 2. The molecule has 1 aromatic heterocycles. The number of hydrogen-bond acceptors (Lipinski definition) is 4. The second-order valence-electron chi connectivity index (χ2n) is 4.36. The molecule has 3 N–H and O–H groups in total. The van der Waals surface area contributed by atoms with Gasteiger partial charge in [0.2, 0.25) is 5.88 Å². The van der Waals surface area contributed by atoms with Gasteiger partial charge >= 0.3 is 0 Å². The Balaban J connectivity index is 2.02. The second kappa shape index (κ2) is 5.35. The second-order valence-corrected chi connectivity index (χ2v) is 5.17. The molecule has 0 unspecified atom stereocenters. The number of hydrogen-bond donors (Lipinski definition) is 2. The Bertz CT molecular complexity index is 794. The predicted octanol–water partition coefficient (Wildman–Crippen LogP) is 4.25. The first-order valence-electron chi connectivity index (χ1n) is 6.03. The van der Waals surface area contributed by atoms with Crippen LogP contribution in [0.3, 0.4) is 0 Å². The van der Waals surface area contributed by atoms with Crippen LogP contribution in [0.15, 0.2) is 30.3 Å². The summed E-state index contributed by atoms with van der Waals surface area (Å²) in [6, 6.07) is 8.57. The first-order valence-corrected chi connectivity index (χ1v) is 6.78. The molecule has 5 nitrogen and oxygen atoms in total. The number of benzene rings is 2. The minimum atomic E-state index is 0.347. The zero-order chi connectivity index (χ0) is 15.0. The fourth-order valence-corrected chi connectivity index (χ4v) is 2.56. The largest absolute Gasteiger partial charge is 0.480 e. The van der Waals surface area contributed by atoms with Crippen molar-refractivity contribution < 1.29 is 9.47 Å². The number of fused-ring (bicyclic) bond motifs is 1. The van der Waals surface area contributed by atoms with Crippen LogP contribution in [0.5, 0.6) is 17.4 Å². The fourth-order valence-electron chi connectivity index (χ4n) is 1.98. The Hall–Kier alpha value is -2.11. The summed E-state index contributed by atoms with van der Waals surface area (Å²) >= 11 is 12.2. The molecule has 0 fully saturated rings. The Morgan fingerprint density at radius 1 is 1.14 bits per heavy atom. The first-order chi connectivity index (χ1) is 10.1. The zero-order valence-electron chi connectivity index (χ0n) is 11.0. The van der Waals surface area contributed by atoms with Gasteiger partial charge in [-0.25, -0.2) is 0 Å². The molecule has 0 spiro atoms. The third-order valence-corrected chi connectivity index (χ3v) is 3.49. The standard InChI is InChI=1S/C14H11Cl2N3O2/c1-20-14-9-6-8(2-3-12(9)18-19-14)21-13-10(15)4-7(17)5-11(13)16/h2-6H,17H2,1H3,(H,18,19). The van der Waals surface area contributed by atoms with E-state index in [0.29, 0.717) is 33.1 Å². The Labute approximate surface area is 130 Å². The number of nitrogen functional groups attached to an aromatic ring is 1. The Morgan fingerprint density at radius 2 is 1.86 bits per heavy atom. The van der Waals surface area contributed by atoms with Crippen LogP contribution >= 0.6 is 23.2 Å². The molecular weight excluding hydrogens is 313 g/mol. The average Bonchev–Trinajstić information content (AvgIpc) is 2.85. The molecule has 21 heavy (non-hydrogen) atoms. The van der Waals surface area contributed by atoms with Gasteiger partial charge in [0.05, 0.1) is 28.1 Å². The van der Waals surface area contributed by atoms with Gasteiger partial charge < -0.3 is 15.2 Å². The molecule has 0 saturated carbocycles. The maximum atomic E-state index is 6.11. The van der Waals surface area contributed by atoms with Gasteiger partial charge in [-0.1, -0.05) is 23.2 Å². The van der Waals surface area contributed by atoms with Gasteiger partial charge in [0.1, 0.15) is 5.75 Å². The quantitative estimate of drug-likeness (QED) is 0.706. The molecule has 0 aliphatic rings. The lowest BCUT2D eigenvalue weighted by atomic mass is 10.2. The lowest BCUT2D eigenvalue weighted by Gasteiger charge is -2.10. The van der Waals surface area contributed by atoms with Gasteiger partial charge in [-0.3, -0.25) is 5.10 Å². The predicted molar refractivity (Wildman–Crippen MR) is 83.6 cm³/mol. The minimum absolute atomic E-state index is 0.347. The van der Waals surface area contributed by atoms with Crippen LogP contribution in [0.2, 0.25) is 10.0 Å². The van der Waals surface area contributed by atoms with Crippen LogP contribution in [0.25, 0.3) is 10.9 Å². The van der Waals surface area contributed by atoms with E-state index in [9.17, 15) is 0 Å². The molecule has 0 amide bonds. The summed E-state index contributed by atoms with van der Waals surface area (Å²) in [5.74, 6) is 1.41. The summed E-state index contributed by atoms with van der Waals surface area (Å²) in [6.07, 6.45) is 0. The molecule has 0 radical (unpaired) electrons. The highest BCUT2D eigenvalue weighted by atomic mass is 35.5. The highest BCUT2D eigenvalue weighted by Gasteiger charge is 2.12. The van der Waals surface area contributed by atoms with E-state index in [1.165, 1.54) is 0 Å². The summed E-state index contributed by atoms with van der Waals surface area (Å²) in [6.45, 7) is 0. The number of ether oxygens (including phenoxy) is 2. The van der Waals surface area contributed by atoms with Crippen molar-refractivity contribution in [2.75, 3.05) is 12.8 Å². The van der Waals surface area contributed by atoms with E-state index in [-0.39, 0.29) is 0 Å². The van der Waals surface area contributed by atoms with Gasteiger partial charge in [0.15, 0.2) is 5.75 Å². The van der Waals surface area contributed by atoms with E-state index >= 15 is 0 Å². The number of nitrogens with one attached hydrogen (secondary N) is 1. The van der Waals surface area contributed by atoms with Crippen molar-refractivity contribution in [3.8, 4) is 17.4 Å². The normalized spacial score (nSPS) is 10.8. The van der Waals surface area contributed by atoms with E-state index in [4.69, 9.17) is 38.4 Å². The van der Waals surface area contributed by atoms with Gasteiger partial charge in [-0.05, 0) is 30.3 Å². The first kappa shape index (κ1) is 13.9. The monoisotopic (exact) mass is 323 g/mol. The third kappa shape index (κ3) is 2.57. The summed E-state index contributed by atoms with van der Waals surface area (Å²) in [5.41, 5.74) is 6.98. The number of rotatable bonds is 3. The van der Waals surface area contributed by atoms with Crippen molar-refractivity contribution in [3.05, 3.63) is 40.4 Å². The number of aromatic amines is 1. The van der Waals surface area contributed by atoms with Crippen molar-refractivity contribution >= 4 is 39.8 Å². The number of anilines is 1. The van der Waals surface area contributed by atoms with Crippen molar-refractivity contribution in [3.63, 3.8) is 0 Å². The van der Waals surface area contributed by atoms with Crippen LogP contribution < -0.4 is 15.2 Å². The van der Waals surface area contributed by atoms with Crippen LogP contribution in [0, 0.1) is 0 Å². The van der Waals surface area contributed by atoms with Crippen LogP contribution in [-0.4, -0.2) is 17.3 Å². The van der Waals surface area contributed by atoms with Crippen molar-refractivity contribution in [1.29, 1.82) is 0 Å². The highest BCUT2D eigenvalue weighted by molar-refractivity contribution is 6.37. The SMILES string of the molecule is COc1n[nH]c2ccc(Oc3c(Cl)cc(N)cc3Cl)cc12. The third-order valence-electron chi connectivity index (χ3n) is 2.93. The molecule has 1 heterocycles. The van der Waals surface area contributed by atoms with E-state index in [0.717, 1.165) is 10.9 Å². The van der Waals surface area contributed by atoms with Crippen LogP contribution in [0.4, 0.5) is 5.69 Å². The summed E-state index contributed by atoms with van der Waals surface area (Å²) in [5, 5.41) is 8.39. The molecule has 0 saturated heterocycles. The number of aromatic nitrogens is 2. The molecular formula is C14H11Cl2N3O2. The molecule has 0 aliphatic carbocycles. The van der Waals surface area contributed by atoms with Crippen LogP contribution in [-0.2, 0) is 0 Å². The number of nitrogens with two attached hydrogens (primary N) is 1. The molecule has 0 atom stereocenters. The molecule has 108 valence electrons. The Kier molecular flexibility index (Phi) is 3.53. The fraction of sp³-hybridized carbons (Fsp3) is 0.0714. The van der Waals surface area contributed by atoms with E-state index in [1.54, 1.807) is 31.4 Å². The summed E-state index contributed by atoms with van der Waals surface area (Å²) in [7, 11) is 1.55. The van der Waals surface area contributed by atoms with E-state index in [1.807, 2.05) is 6.07 Å². The van der Waals surface area contributed by atoms with Crippen molar-refractivity contribution in [2.24, 2.45) is 0 Å². The van der Waals surface area contributed by atoms with Gasteiger partial charge in [0, 0.05) is 5.69 Å². The zero-order valence-corrected chi connectivity index (χ0v) is 12.5. The Morgan fingerprint density at radius 3 is 2.52 bits per heavy atom. The smallest absolute Gasteiger partial charge is 0.240 e. The lowest BCUT2D eigenvalue weighted by Crippen LogP contribution is -1.90. The van der Waals surface area contributed by atoms with Gasteiger partial charge in [-0.15, -0.1) is 5.10 Å². The number of H-pyrrole nitrogens is 1. The maximum absolute atomic E-state index is 6.11. The lowest BCUT2D eigenvalue weighted by molar-refractivity contribution is 0.401. The summed E-state index contributed by atoms with van der Waals surface area (Å²) in [4.78, 5) is 0. The number of methoxy groups -OCH3 is 1. The van der Waals surface area contributed by atoms with Crippen molar-refractivity contribution in [1.82, 2.24) is 10.2 Å². The van der Waals surface area contributed by atoms with Crippen molar-refractivity contribution in [2.45, 2.75) is 0 Å². The molecule has 3 aromatic rings. The minimum Gasteiger partial charge on any atom is -0.480 e. The summed E-state index contributed by atoms with van der Waals surface area (Å²) < 4.78 is 10.9. The topological polar surface area (TPSA) is 73.2 Å². The maximum Gasteiger partial charge on any atom is 0.240 e. The molecule has 3 rings (SSSR count). The molecule has 0 bridgehead atoms. The van der Waals surface area contributed by atoms with E-state index < -0.39 is 0 Å².